The van der Waals surface area contributed by atoms with Gasteiger partial charge in [0.1, 0.15) is 17.0 Å². The largest absolute Gasteiger partial charge is 0.467 e. The van der Waals surface area contributed by atoms with Crippen molar-refractivity contribution >= 4 is 27.5 Å². The lowest BCUT2D eigenvalue weighted by Gasteiger charge is -2.30. The minimum Gasteiger partial charge on any atom is -0.467 e. The molecule has 0 saturated carbocycles. The van der Waals surface area contributed by atoms with Crippen molar-refractivity contribution in [2.45, 2.75) is 45.6 Å². The molecule has 0 saturated heterocycles. The van der Waals surface area contributed by atoms with E-state index in [-0.39, 0.29) is 30.2 Å². The first-order valence-corrected chi connectivity index (χ1v) is 9.75. The van der Waals surface area contributed by atoms with Gasteiger partial charge in [-0.15, -0.1) is 11.3 Å². The van der Waals surface area contributed by atoms with Crippen LogP contribution < -0.4 is 16.6 Å². The number of nitrogens with one attached hydrogen (secondary N) is 1. The van der Waals surface area contributed by atoms with Crippen molar-refractivity contribution < 1.29 is 13.9 Å². The van der Waals surface area contributed by atoms with Gasteiger partial charge < -0.3 is 14.5 Å². The molecule has 9 heteroatoms. The fraction of sp³-hybridized carbons (Fsp3) is 0.421. The number of hydrogen-bond acceptors (Lipinski definition) is 6. The number of thiophene rings is 1. The molecule has 1 N–H and O–H groups in total. The standard InChI is InChI=1S/C19H21N3O5S/c1-19(2)7-13-12(10-27-19)15-16(28-13)17(24)21(3)18(25)22(15)9-14(23)20-8-11-5-4-6-26-11/h4-6H,7-10H2,1-3H3,(H,20,23). The van der Waals surface area contributed by atoms with E-state index in [4.69, 9.17) is 9.15 Å². The van der Waals surface area contributed by atoms with Crippen LogP contribution in [-0.4, -0.2) is 20.6 Å². The van der Waals surface area contributed by atoms with E-state index in [2.05, 4.69) is 5.32 Å². The van der Waals surface area contributed by atoms with Gasteiger partial charge in [-0.3, -0.25) is 18.7 Å². The van der Waals surface area contributed by atoms with E-state index in [0.717, 1.165) is 15.0 Å². The third-order valence-corrected chi connectivity index (χ3v) is 6.09. The number of hydrogen-bond donors (Lipinski definition) is 1. The SMILES string of the molecule is Cn1c(=O)c2sc3c(c2n(CC(=O)NCc2ccco2)c1=O)COC(C)(C)C3. The molecule has 3 aromatic heterocycles. The fourth-order valence-electron chi connectivity index (χ4n) is 3.39. The molecule has 0 aliphatic carbocycles. The Kier molecular flexibility index (Phi) is 4.51. The van der Waals surface area contributed by atoms with Crippen LogP contribution in [0.25, 0.3) is 10.2 Å². The normalized spacial score (nSPS) is 15.5. The van der Waals surface area contributed by atoms with Crippen LogP contribution in [-0.2, 0) is 42.7 Å². The molecule has 0 fully saturated rings. The third kappa shape index (κ3) is 3.20. The summed E-state index contributed by atoms with van der Waals surface area (Å²) < 4.78 is 14.0. The highest BCUT2D eigenvalue weighted by Crippen LogP contribution is 2.37. The zero-order chi connectivity index (χ0) is 20.1. The summed E-state index contributed by atoms with van der Waals surface area (Å²) in [6.07, 6.45) is 2.19. The predicted octanol–water partition coefficient (Wildman–Crippen LogP) is 1.52. The highest BCUT2D eigenvalue weighted by Gasteiger charge is 2.31. The van der Waals surface area contributed by atoms with Crippen LogP contribution in [0, 0.1) is 0 Å². The monoisotopic (exact) mass is 403 g/mol. The molecule has 0 spiro atoms. The van der Waals surface area contributed by atoms with Gasteiger partial charge in [-0.2, -0.15) is 0 Å². The van der Waals surface area contributed by atoms with Gasteiger partial charge in [0.15, 0.2) is 0 Å². The molecule has 0 bridgehead atoms. The van der Waals surface area contributed by atoms with Gasteiger partial charge in [0.05, 0.1) is 30.5 Å². The summed E-state index contributed by atoms with van der Waals surface area (Å²) >= 11 is 1.38. The van der Waals surface area contributed by atoms with Crippen molar-refractivity contribution in [2.24, 2.45) is 7.05 Å². The summed E-state index contributed by atoms with van der Waals surface area (Å²) in [5.74, 6) is 0.283. The molecule has 0 radical (unpaired) electrons. The molecule has 148 valence electrons. The Bertz CT molecular complexity index is 1170. The van der Waals surface area contributed by atoms with Crippen LogP contribution in [0.2, 0.25) is 0 Å². The Morgan fingerprint density at radius 2 is 2.14 bits per heavy atom. The molecule has 28 heavy (non-hydrogen) atoms. The van der Waals surface area contributed by atoms with Gasteiger partial charge in [0.25, 0.3) is 5.56 Å². The van der Waals surface area contributed by atoms with E-state index >= 15 is 0 Å². The second-order valence-corrected chi connectivity index (χ2v) is 8.60. The van der Waals surface area contributed by atoms with Crippen LogP contribution >= 0.6 is 11.3 Å². The summed E-state index contributed by atoms with van der Waals surface area (Å²) in [6.45, 7) is 4.34. The molecular weight excluding hydrogens is 382 g/mol. The minimum atomic E-state index is -0.518. The number of ether oxygens (including phenoxy) is 1. The maximum absolute atomic E-state index is 12.8. The highest BCUT2D eigenvalue weighted by atomic mass is 32.1. The van der Waals surface area contributed by atoms with Gasteiger partial charge in [-0.05, 0) is 26.0 Å². The smallest absolute Gasteiger partial charge is 0.331 e. The Morgan fingerprint density at radius 1 is 1.36 bits per heavy atom. The predicted molar refractivity (Wildman–Crippen MR) is 104 cm³/mol. The lowest BCUT2D eigenvalue weighted by molar-refractivity contribution is -0.121. The minimum absolute atomic E-state index is 0.184. The van der Waals surface area contributed by atoms with Crippen LogP contribution in [0.3, 0.4) is 0 Å². The molecular formula is C19H21N3O5S. The van der Waals surface area contributed by atoms with E-state index in [1.165, 1.54) is 29.2 Å². The Balaban J connectivity index is 1.75. The number of aromatic nitrogens is 2. The lowest BCUT2D eigenvalue weighted by Crippen LogP contribution is -2.41. The summed E-state index contributed by atoms with van der Waals surface area (Å²) in [5.41, 5.74) is 0.148. The molecule has 0 unspecified atom stereocenters. The van der Waals surface area contributed by atoms with Gasteiger partial charge in [-0.25, -0.2) is 4.79 Å². The summed E-state index contributed by atoms with van der Waals surface area (Å²) in [6, 6.07) is 3.49. The van der Waals surface area contributed by atoms with E-state index < -0.39 is 5.69 Å². The van der Waals surface area contributed by atoms with Crippen molar-refractivity contribution in [3.05, 3.63) is 55.4 Å². The van der Waals surface area contributed by atoms with E-state index in [0.29, 0.717) is 29.0 Å². The molecule has 1 aliphatic rings. The molecule has 0 atom stereocenters. The van der Waals surface area contributed by atoms with Crippen molar-refractivity contribution in [3.8, 4) is 0 Å². The van der Waals surface area contributed by atoms with Crippen molar-refractivity contribution in [1.82, 2.24) is 14.5 Å². The molecule has 8 nitrogen and oxygen atoms in total. The van der Waals surface area contributed by atoms with Gasteiger partial charge in [0.2, 0.25) is 5.91 Å². The van der Waals surface area contributed by atoms with Crippen LogP contribution in [0.4, 0.5) is 0 Å². The van der Waals surface area contributed by atoms with Crippen LogP contribution in [0.15, 0.2) is 32.4 Å². The highest BCUT2D eigenvalue weighted by molar-refractivity contribution is 7.19. The molecule has 3 aromatic rings. The summed E-state index contributed by atoms with van der Waals surface area (Å²) in [5, 5.41) is 2.74. The second-order valence-electron chi connectivity index (χ2n) is 7.50. The average molecular weight is 403 g/mol. The number of furan rings is 1. The van der Waals surface area contributed by atoms with E-state index in [1.807, 2.05) is 13.8 Å². The number of carbonyl (C=O) groups is 1. The quantitative estimate of drug-likeness (QED) is 0.713. The van der Waals surface area contributed by atoms with Crippen molar-refractivity contribution in [3.63, 3.8) is 0 Å². The number of nitrogens with zero attached hydrogens (tertiary/aromatic N) is 2. The maximum Gasteiger partial charge on any atom is 0.331 e. The molecule has 0 aromatic carbocycles. The van der Waals surface area contributed by atoms with E-state index in [9.17, 15) is 14.4 Å². The molecule has 4 heterocycles. The zero-order valence-electron chi connectivity index (χ0n) is 15.9. The third-order valence-electron chi connectivity index (χ3n) is 4.88. The van der Waals surface area contributed by atoms with Crippen LogP contribution in [0.5, 0.6) is 0 Å². The van der Waals surface area contributed by atoms with Gasteiger partial charge >= 0.3 is 5.69 Å². The number of rotatable bonds is 4. The average Bonchev–Trinajstić information content (AvgIpc) is 3.28. The molecule has 1 amide bonds. The van der Waals surface area contributed by atoms with Crippen LogP contribution in [0.1, 0.15) is 30.0 Å². The first kappa shape index (κ1) is 18.7. The molecule has 4 rings (SSSR count). The lowest BCUT2D eigenvalue weighted by atomic mass is 9.98. The Morgan fingerprint density at radius 3 is 2.86 bits per heavy atom. The second kappa shape index (κ2) is 6.75. The topological polar surface area (TPSA) is 95.5 Å². The molecule has 1 aliphatic heterocycles. The zero-order valence-corrected chi connectivity index (χ0v) is 16.7. The van der Waals surface area contributed by atoms with E-state index in [1.54, 1.807) is 12.1 Å². The van der Waals surface area contributed by atoms with Gasteiger partial charge in [0, 0.05) is 23.9 Å². The number of carbonyl (C=O) groups excluding carboxylic acids is 1. The fourth-order valence-corrected chi connectivity index (χ4v) is 4.89. The maximum atomic E-state index is 12.8. The number of amides is 1. The summed E-state index contributed by atoms with van der Waals surface area (Å²) in [4.78, 5) is 38.9. The van der Waals surface area contributed by atoms with Crippen molar-refractivity contribution in [2.75, 3.05) is 0 Å². The Labute approximate surface area is 164 Å². The summed E-state index contributed by atoms with van der Waals surface area (Å²) in [7, 11) is 1.43. The first-order chi connectivity index (χ1) is 13.3. The first-order valence-electron chi connectivity index (χ1n) is 8.94. The number of fused-ring (bicyclic) bond motifs is 3. The Hall–Kier alpha value is -2.65. The van der Waals surface area contributed by atoms with Gasteiger partial charge in [-0.1, -0.05) is 0 Å². The van der Waals surface area contributed by atoms with Crippen molar-refractivity contribution in [1.29, 1.82) is 0 Å².